The minimum Gasteiger partial charge on any atom is -0.322 e. The van der Waals surface area contributed by atoms with Crippen LogP contribution in [0.5, 0.6) is 0 Å². The summed E-state index contributed by atoms with van der Waals surface area (Å²) >= 11 is 1.55. The first-order valence-corrected chi connectivity index (χ1v) is 9.08. The third-order valence-electron chi connectivity index (χ3n) is 3.83. The van der Waals surface area contributed by atoms with Gasteiger partial charge in [-0.05, 0) is 31.5 Å². The van der Waals surface area contributed by atoms with Gasteiger partial charge in [0.1, 0.15) is 0 Å². The maximum Gasteiger partial charge on any atom is 0.269 e. The molecule has 0 fully saturated rings. The van der Waals surface area contributed by atoms with E-state index in [9.17, 15) is 10.1 Å². The molecular formula is C18H19N5O2S. The van der Waals surface area contributed by atoms with E-state index in [1.165, 1.54) is 23.3 Å². The van der Waals surface area contributed by atoms with Crippen molar-refractivity contribution in [2.45, 2.75) is 30.8 Å². The fraction of sp³-hybridized carbons (Fsp3) is 0.222. The van der Waals surface area contributed by atoms with Gasteiger partial charge in [0.25, 0.3) is 5.69 Å². The molecule has 0 amide bonds. The van der Waals surface area contributed by atoms with Crippen molar-refractivity contribution < 1.29 is 4.92 Å². The molecule has 134 valence electrons. The first-order valence-electron chi connectivity index (χ1n) is 8.10. The lowest BCUT2D eigenvalue weighted by Gasteiger charge is -2.12. The second kappa shape index (κ2) is 7.67. The number of thioether (sulfide) groups is 1. The van der Waals surface area contributed by atoms with Crippen molar-refractivity contribution in [3.8, 4) is 5.69 Å². The number of nitro groups is 1. The summed E-state index contributed by atoms with van der Waals surface area (Å²) in [5, 5.41) is 20.1. The summed E-state index contributed by atoms with van der Waals surface area (Å²) in [5.41, 5.74) is 9.21. The molecule has 1 aromatic heterocycles. The molecule has 0 unspecified atom stereocenters. The van der Waals surface area contributed by atoms with Gasteiger partial charge in [-0.25, -0.2) is 0 Å². The Hall–Kier alpha value is -2.71. The molecule has 0 radical (unpaired) electrons. The van der Waals surface area contributed by atoms with E-state index in [2.05, 4.69) is 35.3 Å². The molecule has 0 spiro atoms. The van der Waals surface area contributed by atoms with Crippen LogP contribution in [-0.4, -0.2) is 19.7 Å². The molecular weight excluding hydrogens is 350 g/mol. The Bertz CT molecular complexity index is 922. The molecule has 1 heterocycles. The molecule has 3 rings (SSSR count). The number of hydrogen-bond donors (Lipinski definition) is 1. The minimum atomic E-state index is -0.421. The third-order valence-corrected chi connectivity index (χ3v) is 4.83. The Kier molecular flexibility index (Phi) is 5.34. The number of aryl methyl sites for hydroxylation is 1. The zero-order valence-corrected chi connectivity index (χ0v) is 15.3. The molecule has 2 N–H and O–H groups in total. The molecule has 0 saturated heterocycles. The van der Waals surface area contributed by atoms with E-state index in [0.29, 0.717) is 11.0 Å². The highest BCUT2D eigenvalue weighted by molar-refractivity contribution is 7.98. The van der Waals surface area contributed by atoms with E-state index in [4.69, 9.17) is 5.73 Å². The average molecular weight is 369 g/mol. The van der Waals surface area contributed by atoms with E-state index < -0.39 is 4.92 Å². The van der Waals surface area contributed by atoms with Crippen LogP contribution < -0.4 is 5.73 Å². The molecule has 26 heavy (non-hydrogen) atoms. The molecule has 3 aromatic rings. The van der Waals surface area contributed by atoms with Crippen LogP contribution in [0.2, 0.25) is 0 Å². The van der Waals surface area contributed by atoms with Crippen molar-refractivity contribution in [3.05, 3.63) is 75.6 Å². The zero-order chi connectivity index (χ0) is 18.7. The highest BCUT2D eigenvalue weighted by Gasteiger charge is 2.18. The molecule has 0 bridgehead atoms. The standard InChI is InChI=1S/C18H19N5O2S/c1-12-4-3-5-14(10-12)11-26-18-21-20-17(13(2)19)22(18)15-6-8-16(9-7-15)23(24)25/h3-10,13H,11,19H2,1-2H3/t13-/m1/s1. The second-order valence-electron chi connectivity index (χ2n) is 6.02. The monoisotopic (exact) mass is 369 g/mol. The summed E-state index contributed by atoms with van der Waals surface area (Å²) in [4.78, 5) is 10.5. The van der Waals surface area contributed by atoms with Gasteiger partial charge in [0.15, 0.2) is 11.0 Å². The molecule has 2 aromatic carbocycles. The van der Waals surface area contributed by atoms with E-state index >= 15 is 0 Å². The normalized spacial score (nSPS) is 12.1. The first kappa shape index (κ1) is 18.1. The molecule has 8 heteroatoms. The number of nitro benzene ring substituents is 1. The fourth-order valence-electron chi connectivity index (χ4n) is 2.59. The highest BCUT2D eigenvalue weighted by atomic mass is 32.2. The van der Waals surface area contributed by atoms with Crippen LogP contribution in [0, 0.1) is 17.0 Å². The van der Waals surface area contributed by atoms with Crippen molar-refractivity contribution in [3.63, 3.8) is 0 Å². The van der Waals surface area contributed by atoms with Gasteiger partial charge in [-0.15, -0.1) is 10.2 Å². The first-order chi connectivity index (χ1) is 12.5. The number of benzene rings is 2. The van der Waals surface area contributed by atoms with Crippen LogP contribution in [0.1, 0.15) is 29.9 Å². The van der Waals surface area contributed by atoms with Crippen molar-refractivity contribution in [2.75, 3.05) is 0 Å². The molecule has 0 aliphatic heterocycles. The number of non-ortho nitro benzene ring substituents is 1. The molecule has 1 atom stereocenters. The number of nitrogens with zero attached hydrogens (tertiary/aromatic N) is 4. The largest absolute Gasteiger partial charge is 0.322 e. The molecule has 7 nitrogen and oxygen atoms in total. The summed E-state index contributed by atoms with van der Waals surface area (Å²) in [7, 11) is 0. The zero-order valence-electron chi connectivity index (χ0n) is 14.5. The van der Waals surface area contributed by atoms with Crippen molar-refractivity contribution in [1.29, 1.82) is 0 Å². The number of rotatable bonds is 6. The number of nitrogens with two attached hydrogens (primary N) is 1. The summed E-state index contributed by atoms with van der Waals surface area (Å²) in [6, 6.07) is 14.3. The highest BCUT2D eigenvalue weighted by Crippen LogP contribution is 2.28. The third kappa shape index (κ3) is 3.92. The van der Waals surface area contributed by atoms with E-state index in [1.54, 1.807) is 23.9 Å². The quantitative estimate of drug-likeness (QED) is 0.403. The van der Waals surface area contributed by atoms with Crippen molar-refractivity contribution in [1.82, 2.24) is 14.8 Å². The minimum absolute atomic E-state index is 0.0399. The molecule has 0 aliphatic carbocycles. The van der Waals surface area contributed by atoms with E-state index in [0.717, 1.165) is 11.4 Å². The smallest absolute Gasteiger partial charge is 0.269 e. The Morgan fingerprint density at radius 2 is 1.96 bits per heavy atom. The Balaban J connectivity index is 1.92. The van der Waals surface area contributed by atoms with Gasteiger partial charge in [0.05, 0.1) is 11.0 Å². The van der Waals surface area contributed by atoms with Crippen LogP contribution >= 0.6 is 11.8 Å². The number of hydrogen-bond acceptors (Lipinski definition) is 6. The van der Waals surface area contributed by atoms with E-state index in [-0.39, 0.29) is 11.7 Å². The van der Waals surface area contributed by atoms with Crippen LogP contribution in [-0.2, 0) is 5.75 Å². The van der Waals surface area contributed by atoms with Crippen molar-refractivity contribution >= 4 is 17.4 Å². The Morgan fingerprint density at radius 3 is 2.58 bits per heavy atom. The van der Waals surface area contributed by atoms with Gasteiger partial charge in [-0.3, -0.25) is 14.7 Å². The summed E-state index contributed by atoms with van der Waals surface area (Å²) in [5.74, 6) is 1.36. The van der Waals surface area contributed by atoms with Gasteiger partial charge in [0, 0.05) is 23.6 Å². The second-order valence-corrected chi connectivity index (χ2v) is 6.96. The molecule has 0 aliphatic rings. The summed E-state index contributed by atoms with van der Waals surface area (Å²) in [6.45, 7) is 3.89. The van der Waals surface area contributed by atoms with Gasteiger partial charge in [-0.2, -0.15) is 0 Å². The van der Waals surface area contributed by atoms with Crippen LogP contribution in [0.25, 0.3) is 5.69 Å². The lowest BCUT2D eigenvalue weighted by atomic mass is 10.2. The fourth-order valence-corrected chi connectivity index (χ4v) is 3.49. The van der Waals surface area contributed by atoms with Gasteiger partial charge in [0.2, 0.25) is 0 Å². The molecule has 0 saturated carbocycles. The van der Waals surface area contributed by atoms with Gasteiger partial charge in [-0.1, -0.05) is 41.6 Å². The predicted octanol–water partition coefficient (Wildman–Crippen LogP) is 3.80. The average Bonchev–Trinajstić information content (AvgIpc) is 3.04. The van der Waals surface area contributed by atoms with Gasteiger partial charge < -0.3 is 5.73 Å². The summed E-state index contributed by atoms with van der Waals surface area (Å²) < 4.78 is 1.86. The van der Waals surface area contributed by atoms with Crippen LogP contribution in [0.3, 0.4) is 0 Å². The predicted molar refractivity (Wildman–Crippen MR) is 101 cm³/mol. The Labute approximate surface area is 155 Å². The van der Waals surface area contributed by atoms with Gasteiger partial charge >= 0.3 is 0 Å². The lowest BCUT2D eigenvalue weighted by molar-refractivity contribution is -0.384. The topological polar surface area (TPSA) is 99.9 Å². The Morgan fingerprint density at radius 1 is 1.23 bits per heavy atom. The maximum absolute atomic E-state index is 10.9. The summed E-state index contributed by atoms with van der Waals surface area (Å²) in [6.07, 6.45) is 0. The van der Waals surface area contributed by atoms with Crippen molar-refractivity contribution in [2.24, 2.45) is 5.73 Å². The lowest BCUT2D eigenvalue weighted by Crippen LogP contribution is -2.13. The van der Waals surface area contributed by atoms with E-state index in [1.807, 2.05) is 17.6 Å². The van der Waals surface area contributed by atoms with Crippen LogP contribution in [0.15, 0.2) is 53.7 Å². The number of aromatic nitrogens is 3. The van der Waals surface area contributed by atoms with Crippen LogP contribution in [0.4, 0.5) is 5.69 Å². The maximum atomic E-state index is 10.9. The SMILES string of the molecule is Cc1cccc(CSc2nnc([C@@H](C)N)n2-c2ccc([N+](=O)[O-])cc2)c1.